The first kappa shape index (κ1) is 17.4. The van der Waals surface area contributed by atoms with E-state index in [1.165, 1.54) is 38.5 Å². The first-order valence-corrected chi connectivity index (χ1v) is 7.74. The van der Waals surface area contributed by atoms with Gasteiger partial charge in [-0.2, -0.15) is 0 Å². The van der Waals surface area contributed by atoms with Crippen molar-refractivity contribution in [1.29, 1.82) is 0 Å². The summed E-state index contributed by atoms with van der Waals surface area (Å²) in [7, 11) is 0. The molecule has 0 heterocycles. The van der Waals surface area contributed by atoms with Crippen molar-refractivity contribution in [1.82, 2.24) is 4.90 Å². The second-order valence-corrected chi connectivity index (χ2v) is 5.04. The highest BCUT2D eigenvalue weighted by Gasteiger charge is 2.11. The van der Waals surface area contributed by atoms with E-state index < -0.39 is 0 Å². The number of unbranched alkanes of at least 4 members (excludes halogenated alkanes) is 6. The fourth-order valence-corrected chi connectivity index (χ4v) is 2.10. The summed E-state index contributed by atoms with van der Waals surface area (Å²) in [6.07, 6.45) is 10.3. The first-order chi connectivity index (χ1) is 8.76. The zero-order valence-corrected chi connectivity index (χ0v) is 12.4. The number of carbonyl (C=O) groups excluding carboxylic acids is 1. The van der Waals surface area contributed by atoms with E-state index in [4.69, 9.17) is 5.73 Å². The van der Waals surface area contributed by atoms with Gasteiger partial charge in [-0.3, -0.25) is 4.79 Å². The van der Waals surface area contributed by atoms with Gasteiger partial charge in [-0.1, -0.05) is 52.4 Å². The SMILES string of the molecule is CCCCCCN(CCCCCC)C(=O)CCN. The van der Waals surface area contributed by atoms with Crippen LogP contribution in [0.3, 0.4) is 0 Å². The van der Waals surface area contributed by atoms with E-state index in [-0.39, 0.29) is 5.91 Å². The lowest BCUT2D eigenvalue weighted by molar-refractivity contribution is -0.131. The largest absolute Gasteiger partial charge is 0.343 e. The third kappa shape index (κ3) is 9.46. The molecule has 0 aromatic carbocycles. The first-order valence-electron chi connectivity index (χ1n) is 7.74. The van der Waals surface area contributed by atoms with Crippen molar-refractivity contribution in [3.05, 3.63) is 0 Å². The van der Waals surface area contributed by atoms with Crippen LogP contribution in [0.1, 0.15) is 71.6 Å². The van der Waals surface area contributed by atoms with E-state index in [1.807, 2.05) is 4.90 Å². The quantitative estimate of drug-likeness (QED) is 0.544. The molecule has 2 N–H and O–H groups in total. The highest BCUT2D eigenvalue weighted by atomic mass is 16.2. The van der Waals surface area contributed by atoms with Crippen LogP contribution in [-0.4, -0.2) is 30.4 Å². The molecule has 0 saturated carbocycles. The molecule has 0 saturated heterocycles. The number of hydrogen-bond donors (Lipinski definition) is 1. The smallest absolute Gasteiger partial charge is 0.223 e. The molecule has 0 spiro atoms. The average Bonchev–Trinajstić information content (AvgIpc) is 2.37. The van der Waals surface area contributed by atoms with Crippen LogP contribution >= 0.6 is 0 Å². The van der Waals surface area contributed by atoms with Gasteiger partial charge in [0, 0.05) is 26.1 Å². The van der Waals surface area contributed by atoms with Gasteiger partial charge in [-0.15, -0.1) is 0 Å². The molecule has 0 aromatic rings. The minimum absolute atomic E-state index is 0.241. The van der Waals surface area contributed by atoms with E-state index in [1.54, 1.807) is 0 Å². The van der Waals surface area contributed by atoms with Crippen molar-refractivity contribution in [2.24, 2.45) is 5.73 Å². The van der Waals surface area contributed by atoms with Crippen LogP contribution in [0.25, 0.3) is 0 Å². The van der Waals surface area contributed by atoms with Gasteiger partial charge in [0.25, 0.3) is 0 Å². The van der Waals surface area contributed by atoms with Crippen LogP contribution in [0, 0.1) is 0 Å². The Morgan fingerprint density at radius 1 is 0.889 bits per heavy atom. The summed E-state index contributed by atoms with van der Waals surface area (Å²) in [5.74, 6) is 0.241. The van der Waals surface area contributed by atoms with E-state index >= 15 is 0 Å². The number of nitrogens with two attached hydrogens (primary N) is 1. The average molecular weight is 256 g/mol. The molecule has 0 aliphatic rings. The Balaban J connectivity index is 3.88. The Hall–Kier alpha value is -0.570. The lowest BCUT2D eigenvalue weighted by Crippen LogP contribution is -2.34. The maximum absolute atomic E-state index is 11.9. The molecule has 0 rings (SSSR count). The molecule has 0 aromatic heterocycles. The molecule has 3 heteroatoms. The van der Waals surface area contributed by atoms with Crippen molar-refractivity contribution in [3.63, 3.8) is 0 Å². The predicted octanol–water partition coefficient (Wildman–Crippen LogP) is 3.32. The highest BCUT2D eigenvalue weighted by Crippen LogP contribution is 2.06. The second-order valence-electron chi connectivity index (χ2n) is 5.04. The summed E-state index contributed by atoms with van der Waals surface area (Å²) in [5.41, 5.74) is 5.47. The summed E-state index contributed by atoms with van der Waals surface area (Å²) in [4.78, 5) is 13.9. The standard InChI is InChI=1S/C15H32N2O/c1-3-5-7-9-13-17(15(18)11-12-16)14-10-8-6-4-2/h3-14,16H2,1-2H3. The maximum atomic E-state index is 11.9. The summed E-state index contributed by atoms with van der Waals surface area (Å²) >= 11 is 0. The Morgan fingerprint density at radius 2 is 1.39 bits per heavy atom. The van der Waals surface area contributed by atoms with Crippen LogP contribution in [0.15, 0.2) is 0 Å². The Morgan fingerprint density at radius 3 is 1.78 bits per heavy atom. The van der Waals surface area contributed by atoms with Crippen molar-refractivity contribution in [2.45, 2.75) is 71.6 Å². The van der Waals surface area contributed by atoms with Gasteiger partial charge in [-0.05, 0) is 12.8 Å². The van der Waals surface area contributed by atoms with E-state index in [0.29, 0.717) is 13.0 Å². The fourth-order valence-electron chi connectivity index (χ4n) is 2.10. The normalized spacial score (nSPS) is 10.6. The van der Waals surface area contributed by atoms with Crippen molar-refractivity contribution < 1.29 is 4.79 Å². The number of carbonyl (C=O) groups is 1. The molecular weight excluding hydrogens is 224 g/mol. The zero-order valence-electron chi connectivity index (χ0n) is 12.4. The predicted molar refractivity (Wildman–Crippen MR) is 78.5 cm³/mol. The summed E-state index contributed by atoms with van der Waals surface area (Å²) in [6.45, 7) is 6.74. The van der Waals surface area contributed by atoms with Crippen molar-refractivity contribution >= 4 is 5.91 Å². The Labute approximate surface area is 113 Å². The molecule has 3 nitrogen and oxygen atoms in total. The molecule has 0 radical (unpaired) electrons. The fraction of sp³-hybridized carbons (Fsp3) is 0.933. The number of nitrogens with zero attached hydrogens (tertiary/aromatic N) is 1. The molecule has 0 aliphatic carbocycles. The van der Waals surface area contributed by atoms with Crippen LogP contribution < -0.4 is 5.73 Å². The zero-order chi connectivity index (χ0) is 13.6. The minimum atomic E-state index is 0.241. The lowest BCUT2D eigenvalue weighted by atomic mass is 10.1. The second kappa shape index (κ2) is 12.9. The van der Waals surface area contributed by atoms with Gasteiger partial charge >= 0.3 is 0 Å². The van der Waals surface area contributed by atoms with Gasteiger partial charge in [0.15, 0.2) is 0 Å². The van der Waals surface area contributed by atoms with Gasteiger partial charge in [0.1, 0.15) is 0 Å². The maximum Gasteiger partial charge on any atom is 0.223 e. The van der Waals surface area contributed by atoms with Gasteiger partial charge < -0.3 is 10.6 Å². The third-order valence-corrected chi connectivity index (χ3v) is 3.27. The molecule has 108 valence electrons. The van der Waals surface area contributed by atoms with Crippen LogP contribution in [0.4, 0.5) is 0 Å². The van der Waals surface area contributed by atoms with E-state index in [0.717, 1.165) is 25.9 Å². The Bertz CT molecular complexity index is 183. The molecule has 0 fully saturated rings. The summed E-state index contributed by atoms with van der Waals surface area (Å²) in [6, 6.07) is 0. The highest BCUT2D eigenvalue weighted by molar-refractivity contribution is 5.76. The topological polar surface area (TPSA) is 46.3 Å². The minimum Gasteiger partial charge on any atom is -0.343 e. The van der Waals surface area contributed by atoms with Crippen LogP contribution in [-0.2, 0) is 4.79 Å². The van der Waals surface area contributed by atoms with Gasteiger partial charge in [0.2, 0.25) is 5.91 Å². The molecular formula is C15H32N2O. The number of rotatable bonds is 12. The molecule has 0 bridgehead atoms. The summed E-state index contributed by atoms with van der Waals surface area (Å²) in [5, 5.41) is 0. The number of hydrogen-bond acceptors (Lipinski definition) is 2. The van der Waals surface area contributed by atoms with Crippen molar-refractivity contribution in [2.75, 3.05) is 19.6 Å². The van der Waals surface area contributed by atoms with Crippen LogP contribution in [0.5, 0.6) is 0 Å². The van der Waals surface area contributed by atoms with Crippen molar-refractivity contribution in [3.8, 4) is 0 Å². The van der Waals surface area contributed by atoms with Gasteiger partial charge in [-0.25, -0.2) is 0 Å². The molecule has 1 amide bonds. The molecule has 0 aliphatic heterocycles. The third-order valence-electron chi connectivity index (χ3n) is 3.27. The summed E-state index contributed by atoms with van der Waals surface area (Å²) < 4.78 is 0. The van der Waals surface area contributed by atoms with Gasteiger partial charge in [0.05, 0.1) is 0 Å². The molecule has 0 atom stereocenters. The van der Waals surface area contributed by atoms with Crippen LogP contribution in [0.2, 0.25) is 0 Å². The van der Waals surface area contributed by atoms with E-state index in [9.17, 15) is 4.79 Å². The molecule has 18 heavy (non-hydrogen) atoms. The lowest BCUT2D eigenvalue weighted by Gasteiger charge is -2.22. The Kier molecular flexibility index (Phi) is 12.5. The molecule has 0 unspecified atom stereocenters. The monoisotopic (exact) mass is 256 g/mol. The number of amides is 1. The van der Waals surface area contributed by atoms with E-state index in [2.05, 4.69) is 13.8 Å².